The Bertz CT molecular complexity index is 1390. The highest BCUT2D eigenvalue weighted by atomic mass is 79.9. The molecule has 208 valence electrons. The van der Waals surface area contributed by atoms with E-state index in [4.69, 9.17) is 26.2 Å². The maximum absolute atomic E-state index is 14.2. The van der Waals surface area contributed by atoms with Crippen LogP contribution in [0.5, 0.6) is 0 Å². The number of carbonyl (C=O) groups is 2. The van der Waals surface area contributed by atoms with Crippen LogP contribution in [0.3, 0.4) is 0 Å². The lowest BCUT2D eigenvalue weighted by Crippen LogP contribution is -2.31. The Morgan fingerprint density at radius 3 is 2.72 bits per heavy atom. The van der Waals surface area contributed by atoms with Crippen LogP contribution in [0.1, 0.15) is 67.4 Å². The van der Waals surface area contributed by atoms with Crippen molar-refractivity contribution in [3.63, 3.8) is 0 Å². The number of esters is 1. The molecule has 1 fully saturated rings. The Morgan fingerprint density at radius 1 is 1.26 bits per heavy atom. The van der Waals surface area contributed by atoms with E-state index in [0.29, 0.717) is 58.0 Å². The molecule has 2 heterocycles. The third-order valence-electron chi connectivity index (χ3n) is 6.40. The third kappa shape index (κ3) is 7.26. The molecule has 10 heteroatoms. The van der Waals surface area contributed by atoms with Gasteiger partial charge in [-0.15, -0.1) is 0 Å². The fourth-order valence-electron chi connectivity index (χ4n) is 4.65. The topological polar surface area (TPSA) is 80.8 Å². The van der Waals surface area contributed by atoms with Gasteiger partial charge >= 0.3 is 5.97 Å². The summed E-state index contributed by atoms with van der Waals surface area (Å²) in [7, 11) is 0. The molecular weight excluding hydrogens is 589 g/mol. The minimum atomic E-state index is -0.623. The summed E-state index contributed by atoms with van der Waals surface area (Å²) >= 11 is 9.93. The molecule has 2 aromatic carbocycles. The number of amides is 1. The van der Waals surface area contributed by atoms with Crippen LogP contribution in [-0.2, 0) is 14.4 Å². The highest BCUT2D eigenvalue weighted by Crippen LogP contribution is 2.33. The Hall–Kier alpha value is -2.75. The zero-order chi connectivity index (χ0) is 28.3. The standard InChI is InChI=1S/C29H32BrClFN3O4/c1-17-26(22-14-19(30)7-10-24(22)34-27(17)35-12-5-13-38-35)28(37)33-16-18(6-11-25(36)39-29(2,3)4)21-15-20(32)8-9-23(21)31/h7-10,14-15,18H,5-6,11-13,16H2,1-4H3,(H,33,37). The summed E-state index contributed by atoms with van der Waals surface area (Å²) in [5.74, 6) is -0.955. The second-order valence-electron chi connectivity index (χ2n) is 10.6. The Kier molecular flexibility index (Phi) is 9.14. The normalized spacial score (nSPS) is 14.5. The lowest BCUT2D eigenvalue weighted by atomic mass is 9.93. The maximum Gasteiger partial charge on any atom is 0.306 e. The number of anilines is 1. The number of aromatic nitrogens is 1. The number of hydrogen-bond acceptors (Lipinski definition) is 6. The SMILES string of the molecule is Cc1c(N2CCCO2)nc2ccc(Br)cc2c1C(=O)NCC(CCC(=O)OC(C)(C)C)c1cc(F)ccc1Cl. The van der Waals surface area contributed by atoms with Gasteiger partial charge in [-0.25, -0.2) is 14.4 Å². The number of pyridine rings is 1. The first-order valence-corrected chi connectivity index (χ1v) is 14.1. The van der Waals surface area contributed by atoms with Crippen LogP contribution in [0.4, 0.5) is 10.2 Å². The number of carbonyl (C=O) groups excluding carboxylic acids is 2. The van der Waals surface area contributed by atoms with Gasteiger partial charge in [0, 0.05) is 45.9 Å². The van der Waals surface area contributed by atoms with E-state index in [1.807, 2.05) is 25.1 Å². The number of ether oxygens (including phenoxy) is 1. The van der Waals surface area contributed by atoms with Gasteiger partial charge < -0.3 is 10.1 Å². The van der Waals surface area contributed by atoms with E-state index in [1.54, 1.807) is 25.8 Å². The molecule has 1 unspecified atom stereocenters. The number of rotatable bonds is 8. The molecular formula is C29H32BrClFN3O4. The lowest BCUT2D eigenvalue weighted by Gasteiger charge is -2.23. The molecule has 0 radical (unpaired) electrons. The molecule has 0 saturated carbocycles. The number of benzene rings is 2. The van der Waals surface area contributed by atoms with Crippen molar-refractivity contribution < 1.29 is 23.6 Å². The zero-order valence-corrected chi connectivity index (χ0v) is 24.8. The molecule has 0 spiro atoms. The van der Waals surface area contributed by atoms with E-state index in [0.717, 1.165) is 10.9 Å². The first kappa shape index (κ1) is 29.2. The number of nitrogens with one attached hydrogen (secondary N) is 1. The van der Waals surface area contributed by atoms with Crippen LogP contribution in [0.2, 0.25) is 5.02 Å². The molecule has 7 nitrogen and oxygen atoms in total. The maximum atomic E-state index is 14.2. The summed E-state index contributed by atoms with van der Waals surface area (Å²) in [6.07, 6.45) is 1.27. The predicted octanol–water partition coefficient (Wildman–Crippen LogP) is 6.88. The monoisotopic (exact) mass is 619 g/mol. The molecule has 1 aliphatic heterocycles. The van der Waals surface area contributed by atoms with E-state index in [1.165, 1.54) is 18.2 Å². The fraction of sp³-hybridized carbons (Fsp3) is 0.414. The number of hydroxylamine groups is 1. The Morgan fingerprint density at radius 2 is 2.03 bits per heavy atom. The molecule has 1 aromatic heterocycles. The molecule has 3 aromatic rings. The number of halogens is 3. The van der Waals surface area contributed by atoms with Crippen molar-refractivity contribution in [2.75, 3.05) is 24.8 Å². The predicted molar refractivity (Wildman–Crippen MR) is 154 cm³/mol. The van der Waals surface area contributed by atoms with Crippen LogP contribution >= 0.6 is 27.5 Å². The van der Waals surface area contributed by atoms with Gasteiger partial charge in [0.15, 0.2) is 5.82 Å². The van der Waals surface area contributed by atoms with Crippen LogP contribution in [0.25, 0.3) is 10.9 Å². The largest absolute Gasteiger partial charge is 0.460 e. The minimum Gasteiger partial charge on any atom is -0.460 e. The van der Waals surface area contributed by atoms with Gasteiger partial charge in [-0.3, -0.25) is 14.4 Å². The van der Waals surface area contributed by atoms with Crippen LogP contribution < -0.4 is 10.4 Å². The van der Waals surface area contributed by atoms with E-state index in [2.05, 4.69) is 21.2 Å². The lowest BCUT2D eigenvalue weighted by molar-refractivity contribution is -0.155. The molecule has 0 bridgehead atoms. The fourth-order valence-corrected chi connectivity index (χ4v) is 5.28. The minimum absolute atomic E-state index is 0.0886. The molecule has 39 heavy (non-hydrogen) atoms. The van der Waals surface area contributed by atoms with E-state index in [9.17, 15) is 14.0 Å². The smallest absolute Gasteiger partial charge is 0.306 e. The van der Waals surface area contributed by atoms with Gasteiger partial charge in [0.2, 0.25) is 0 Å². The van der Waals surface area contributed by atoms with Crippen molar-refractivity contribution in [1.29, 1.82) is 0 Å². The third-order valence-corrected chi connectivity index (χ3v) is 7.24. The van der Waals surface area contributed by atoms with Crippen LogP contribution in [0, 0.1) is 12.7 Å². The number of nitrogens with zero attached hydrogens (tertiary/aromatic N) is 2. The van der Waals surface area contributed by atoms with Gasteiger partial charge in [0.05, 0.1) is 17.7 Å². The highest BCUT2D eigenvalue weighted by molar-refractivity contribution is 9.10. The summed E-state index contributed by atoms with van der Waals surface area (Å²) in [5.41, 5.74) is 1.72. The summed E-state index contributed by atoms with van der Waals surface area (Å²) in [6.45, 7) is 8.66. The Labute approximate surface area is 241 Å². The Balaban J connectivity index is 1.63. The van der Waals surface area contributed by atoms with Gasteiger partial charge in [-0.2, -0.15) is 0 Å². The molecule has 1 amide bonds. The quantitative estimate of drug-likeness (QED) is 0.277. The summed E-state index contributed by atoms with van der Waals surface area (Å²) < 4.78 is 20.5. The molecule has 1 N–H and O–H groups in total. The summed E-state index contributed by atoms with van der Waals surface area (Å²) in [4.78, 5) is 36.7. The zero-order valence-electron chi connectivity index (χ0n) is 22.4. The van der Waals surface area contributed by atoms with Crippen LogP contribution in [-0.4, -0.2) is 42.2 Å². The first-order chi connectivity index (χ1) is 18.4. The van der Waals surface area contributed by atoms with Crippen LogP contribution in [0.15, 0.2) is 40.9 Å². The molecule has 4 rings (SSSR count). The van der Waals surface area contributed by atoms with Crippen molar-refractivity contribution in [2.45, 2.75) is 58.5 Å². The second kappa shape index (κ2) is 12.2. The van der Waals surface area contributed by atoms with Crippen molar-refractivity contribution in [3.05, 3.63) is 68.4 Å². The molecule has 1 atom stereocenters. The van der Waals surface area contributed by atoms with Gasteiger partial charge in [-0.1, -0.05) is 27.5 Å². The van der Waals surface area contributed by atoms with E-state index in [-0.39, 0.29) is 24.8 Å². The van der Waals surface area contributed by atoms with Gasteiger partial charge in [0.1, 0.15) is 11.4 Å². The van der Waals surface area contributed by atoms with E-state index < -0.39 is 17.3 Å². The molecule has 1 aliphatic rings. The van der Waals surface area contributed by atoms with Gasteiger partial charge in [0.25, 0.3) is 5.91 Å². The second-order valence-corrected chi connectivity index (χ2v) is 11.9. The van der Waals surface area contributed by atoms with Crippen molar-refractivity contribution in [3.8, 4) is 0 Å². The van der Waals surface area contributed by atoms with Gasteiger partial charge in [-0.05, 0) is 82.5 Å². The average molecular weight is 621 g/mol. The highest BCUT2D eigenvalue weighted by Gasteiger charge is 2.26. The summed E-state index contributed by atoms with van der Waals surface area (Å²) in [6, 6.07) is 9.70. The van der Waals surface area contributed by atoms with Crippen molar-refractivity contribution in [1.82, 2.24) is 10.3 Å². The van der Waals surface area contributed by atoms with Crippen molar-refractivity contribution >= 4 is 56.1 Å². The molecule has 1 saturated heterocycles. The summed E-state index contributed by atoms with van der Waals surface area (Å²) in [5, 5.41) is 5.79. The average Bonchev–Trinajstić information content (AvgIpc) is 3.39. The van der Waals surface area contributed by atoms with Crippen molar-refractivity contribution in [2.24, 2.45) is 0 Å². The number of fused-ring (bicyclic) bond motifs is 1. The number of hydrogen-bond donors (Lipinski definition) is 1. The van der Waals surface area contributed by atoms with E-state index >= 15 is 0 Å². The first-order valence-electron chi connectivity index (χ1n) is 12.9. The molecule has 0 aliphatic carbocycles.